The summed E-state index contributed by atoms with van der Waals surface area (Å²) in [5.41, 5.74) is 9.50. The summed E-state index contributed by atoms with van der Waals surface area (Å²) in [7, 11) is 0. The van der Waals surface area contributed by atoms with E-state index in [4.69, 9.17) is 5.73 Å². The van der Waals surface area contributed by atoms with Crippen LogP contribution >= 0.6 is 12.4 Å². The molecule has 1 heterocycles. The van der Waals surface area contributed by atoms with Gasteiger partial charge in [-0.2, -0.15) is 0 Å². The second-order valence-corrected chi connectivity index (χ2v) is 4.63. The largest absolute Gasteiger partial charge is 0.324 e. The summed E-state index contributed by atoms with van der Waals surface area (Å²) in [6.07, 6.45) is 2.10. The highest BCUT2D eigenvalue weighted by atomic mass is 35.5. The first kappa shape index (κ1) is 13.7. The van der Waals surface area contributed by atoms with E-state index in [1.165, 1.54) is 22.2 Å². The van der Waals surface area contributed by atoms with Crippen LogP contribution in [0.2, 0.25) is 0 Å². The molecule has 0 aliphatic heterocycles. The fourth-order valence-electron chi connectivity index (χ4n) is 2.24. The van der Waals surface area contributed by atoms with Crippen LogP contribution in [-0.2, 0) is 0 Å². The molecule has 0 spiro atoms. The highest BCUT2D eigenvalue weighted by Gasteiger charge is 2.05. The summed E-state index contributed by atoms with van der Waals surface area (Å²) in [5, 5.41) is 1.24. The fraction of sp³-hybridized carbons (Fsp3) is 0.125. The van der Waals surface area contributed by atoms with Crippen molar-refractivity contribution in [3.63, 3.8) is 0 Å². The quantitative estimate of drug-likeness (QED) is 0.749. The molecule has 19 heavy (non-hydrogen) atoms. The SMILES string of the molecule is CC(N)c1ccc2ccn(-c3ccccc3)c2c1.Cl. The topological polar surface area (TPSA) is 30.9 Å². The number of hydrogen-bond acceptors (Lipinski definition) is 1. The maximum atomic E-state index is 5.95. The Hall–Kier alpha value is -1.77. The van der Waals surface area contributed by atoms with Crippen molar-refractivity contribution in [2.24, 2.45) is 5.73 Å². The Morgan fingerprint density at radius 1 is 1.00 bits per heavy atom. The Morgan fingerprint density at radius 2 is 1.74 bits per heavy atom. The Kier molecular flexibility index (Phi) is 3.93. The lowest BCUT2D eigenvalue weighted by Crippen LogP contribution is -2.04. The van der Waals surface area contributed by atoms with Gasteiger partial charge >= 0.3 is 0 Å². The number of nitrogens with two attached hydrogens (primary N) is 1. The molecular formula is C16H17ClN2. The maximum absolute atomic E-state index is 5.95. The van der Waals surface area contributed by atoms with Crippen molar-refractivity contribution in [2.75, 3.05) is 0 Å². The number of fused-ring (bicyclic) bond motifs is 1. The molecule has 2 N–H and O–H groups in total. The molecule has 0 saturated heterocycles. The van der Waals surface area contributed by atoms with Gasteiger partial charge < -0.3 is 10.3 Å². The van der Waals surface area contributed by atoms with Crippen LogP contribution in [0.1, 0.15) is 18.5 Å². The monoisotopic (exact) mass is 272 g/mol. The van der Waals surface area contributed by atoms with Gasteiger partial charge in [0.25, 0.3) is 0 Å². The average Bonchev–Trinajstić information content (AvgIpc) is 2.82. The molecular weight excluding hydrogens is 256 g/mol. The van der Waals surface area contributed by atoms with Crippen molar-refractivity contribution < 1.29 is 0 Å². The molecule has 2 nitrogen and oxygen atoms in total. The van der Waals surface area contributed by atoms with Gasteiger partial charge in [-0.15, -0.1) is 12.4 Å². The Morgan fingerprint density at radius 3 is 2.42 bits per heavy atom. The third-order valence-electron chi connectivity index (χ3n) is 3.28. The van der Waals surface area contributed by atoms with E-state index in [1.807, 2.05) is 13.0 Å². The maximum Gasteiger partial charge on any atom is 0.0531 e. The summed E-state index contributed by atoms with van der Waals surface area (Å²) < 4.78 is 2.20. The fourth-order valence-corrected chi connectivity index (χ4v) is 2.24. The number of rotatable bonds is 2. The van der Waals surface area contributed by atoms with E-state index in [2.05, 4.69) is 59.3 Å². The highest BCUT2D eigenvalue weighted by molar-refractivity contribution is 5.85. The normalized spacial score (nSPS) is 12.1. The van der Waals surface area contributed by atoms with Crippen LogP contribution in [0.5, 0.6) is 0 Å². The number of para-hydroxylation sites is 1. The van der Waals surface area contributed by atoms with Crippen LogP contribution in [-0.4, -0.2) is 4.57 Å². The molecule has 1 unspecified atom stereocenters. The number of aromatic nitrogens is 1. The number of nitrogens with zero attached hydrogens (tertiary/aromatic N) is 1. The van der Waals surface area contributed by atoms with E-state index in [-0.39, 0.29) is 18.4 Å². The first-order valence-electron chi connectivity index (χ1n) is 6.18. The molecule has 3 heteroatoms. The highest BCUT2D eigenvalue weighted by Crippen LogP contribution is 2.23. The lowest BCUT2D eigenvalue weighted by molar-refractivity contribution is 0.819. The summed E-state index contributed by atoms with van der Waals surface area (Å²) in [6.45, 7) is 2.01. The van der Waals surface area contributed by atoms with Crippen LogP contribution in [0.3, 0.4) is 0 Å². The molecule has 3 aromatic rings. The Balaban J connectivity index is 0.00000133. The number of benzene rings is 2. The van der Waals surface area contributed by atoms with Gasteiger partial charge in [-0.3, -0.25) is 0 Å². The predicted octanol–water partition coefficient (Wildman–Crippen LogP) is 4.07. The van der Waals surface area contributed by atoms with E-state index in [0.29, 0.717) is 0 Å². The molecule has 0 bridgehead atoms. The van der Waals surface area contributed by atoms with E-state index in [9.17, 15) is 0 Å². The zero-order chi connectivity index (χ0) is 12.5. The second-order valence-electron chi connectivity index (χ2n) is 4.63. The van der Waals surface area contributed by atoms with Gasteiger partial charge in [-0.1, -0.05) is 30.3 Å². The third-order valence-corrected chi connectivity index (χ3v) is 3.28. The van der Waals surface area contributed by atoms with Crippen LogP contribution in [0.25, 0.3) is 16.6 Å². The van der Waals surface area contributed by atoms with E-state index in [0.717, 1.165) is 0 Å². The van der Waals surface area contributed by atoms with Gasteiger partial charge in [-0.25, -0.2) is 0 Å². The van der Waals surface area contributed by atoms with Gasteiger partial charge in [0.05, 0.1) is 5.52 Å². The van der Waals surface area contributed by atoms with Gasteiger partial charge in [0, 0.05) is 17.9 Å². The zero-order valence-electron chi connectivity index (χ0n) is 10.8. The van der Waals surface area contributed by atoms with Crippen molar-refractivity contribution in [1.82, 2.24) is 4.57 Å². The van der Waals surface area contributed by atoms with Crippen LogP contribution in [0.4, 0.5) is 0 Å². The molecule has 0 radical (unpaired) electrons. The lowest BCUT2D eigenvalue weighted by Gasteiger charge is -2.09. The van der Waals surface area contributed by atoms with Crippen molar-refractivity contribution in [2.45, 2.75) is 13.0 Å². The average molecular weight is 273 g/mol. The predicted molar refractivity (Wildman–Crippen MR) is 83.1 cm³/mol. The van der Waals surface area contributed by atoms with Gasteiger partial charge in [0.2, 0.25) is 0 Å². The second kappa shape index (κ2) is 5.47. The minimum Gasteiger partial charge on any atom is -0.324 e. The molecule has 2 aromatic carbocycles. The number of hydrogen-bond donors (Lipinski definition) is 1. The van der Waals surface area contributed by atoms with Gasteiger partial charge in [-0.05, 0) is 42.1 Å². The summed E-state index contributed by atoms with van der Waals surface area (Å²) in [6, 6.07) is 19.0. The molecule has 0 fully saturated rings. The van der Waals surface area contributed by atoms with E-state index < -0.39 is 0 Å². The minimum absolute atomic E-state index is 0. The molecule has 0 saturated carbocycles. The zero-order valence-corrected chi connectivity index (χ0v) is 11.6. The molecule has 98 valence electrons. The van der Waals surface area contributed by atoms with E-state index in [1.54, 1.807) is 0 Å². The third kappa shape index (κ3) is 2.50. The minimum atomic E-state index is 0. The van der Waals surface area contributed by atoms with Crippen molar-refractivity contribution in [3.8, 4) is 5.69 Å². The summed E-state index contributed by atoms with van der Waals surface area (Å²) in [4.78, 5) is 0. The van der Waals surface area contributed by atoms with Crippen molar-refractivity contribution in [3.05, 3.63) is 66.4 Å². The van der Waals surface area contributed by atoms with Crippen LogP contribution in [0, 0.1) is 0 Å². The summed E-state index contributed by atoms with van der Waals surface area (Å²) >= 11 is 0. The number of halogens is 1. The standard InChI is InChI=1S/C16H16N2.ClH/c1-12(17)14-8-7-13-9-10-18(16(13)11-14)15-5-3-2-4-6-15;/h2-12H,17H2,1H3;1H. The van der Waals surface area contributed by atoms with E-state index >= 15 is 0 Å². The molecule has 3 rings (SSSR count). The Bertz CT molecular complexity index is 672. The molecule has 0 aliphatic rings. The smallest absolute Gasteiger partial charge is 0.0531 e. The first-order chi connectivity index (χ1) is 8.75. The van der Waals surface area contributed by atoms with Gasteiger partial charge in [0.1, 0.15) is 0 Å². The van der Waals surface area contributed by atoms with Crippen molar-refractivity contribution in [1.29, 1.82) is 0 Å². The molecule has 1 atom stereocenters. The van der Waals surface area contributed by atoms with Crippen LogP contribution in [0.15, 0.2) is 60.8 Å². The molecule has 0 aliphatic carbocycles. The first-order valence-corrected chi connectivity index (χ1v) is 6.18. The lowest BCUT2D eigenvalue weighted by atomic mass is 10.1. The summed E-state index contributed by atoms with van der Waals surface area (Å²) in [5.74, 6) is 0. The van der Waals surface area contributed by atoms with Crippen molar-refractivity contribution >= 4 is 23.3 Å². The van der Waals surface area contributed by atoms with Crippen LogP contribution < -0.4 is 5.73 Å². The van der Waals surface area contributed by atoms with Gasteiger partial charge in [0.15, 0.2) is 0 Å². The molecule has 1 aromatic heterocycles. The molecule has 0 amide bonds. The Labute approximate surface area is 119 Å².